The number of fused-ring (bicyclic) bond motifs is 2. The van der Waals surface area contributed by atoms with Crippen LogP contribution in [0.25, 0.3) is 0 Å². The van der Waals surface area contributed by atoms with Crippen LogP contribution < -0.4 is 9.62 Å². The number of piperidine rings is 1. The number of nitrogens with zero attached hydrogens (tertiary/aromatic N) is 4. The number of aryl methyl sites for hydroxylation is 1. The number of anilines is 2. The van der Waals surface area contributed by atoms with E-state index in [1.807, 2.05) is 14.0 Å². The molecular weight excluding hydrogens is 492 g/mol. The Labute approximate surface area is 207 Å². The summed E-state index contributed by atoms with van der Waals surface area (Å²) in [6.45, 7) is 2.29. The van der Waals surface area contributed by atoms with Crippen LogP contribution in [0, 0.1) is 18.6 Å². The lowest BCUT2D eigenvalue weighted by Gasteiger charge is -2.43. The molecule has 0 saturated carbocycles. The molecule has 2 aliphatic rings. The molecule has 0 aliphatic carbocycles. The molecule has 4 heterocycles. The number of hydrogen-bond acceptors (Lipinski definition) is 7. The second-order valence-electron chi connectivity index (χ2n) is 9.32. The number of aromatic nitrogens is 2. The van der Waals surface area contributed by atoms with E-state index in [4.69, 9.17) is 0 Å². The first-order valence-electron chi connectivity index (χ1n) is 11.5. The number of pyridine rings is 1. The van der Waals surface area contributed by atoms with Crippen molar-refractivity contribution in [2.24, 2.45) is 0 Å². The van der Waals surface area contributed by atoms with Crippen LogP contribution in [-0.4, -0.2) is 48.5 Å². The number of nitrogens with one attached hydrogen (secondary N) is 1. The van der Waals surface area contributed by atoms with Gasteiger partial charge in [-0.05, 0) is 62.4 Å². The van der Waals surface area contributed by atoms with Gasteiger partial charge in [-0.25, -0.2) is 18.7 Å². The monoisotopic (exact) mass is 519 g/mol. The Hall–Kier alpha value is -2.63. The first-order valence-corrected chi connectivity index (χ1v) is 13.9. The van der Waals surface area contributed by atoms with Crippen molar-refractivity contribution in [1.29, 1.82) is 0 Å². The Bertz CT molecular complexity index is 1310. The average Bonchev–Trinajstić information content (AvgIpc) is 3.39. The van der Waals surface area contributed by atoms with Crippen molar-refractivity contribution < 1.29 is 17.2 Å². The fraction of sp³-hybridized carbons (Fsp3) is 0.417. The minimum atomic E-state index is -3.82. The van der Waals surface area contributed by atoms with Crippen molar-refractivity contribution in [1.82, 2.24) is 14.9 Å². The molecule has 1 N–H and O–H groups in total. The third-order valence-corrected chi connectivity index (χ3v) is 8.99. The molecule has 2 saturated heterocycles. The van der Waals surface area contributed by atoms with Gasteiger partial charge in [-0.15, -0.1) is 11.3 Å². The summed E-state index contributed by atoms with van der Waals surface area (Å²) in [6.07, 6.45) is 5.47. The Morgan fingerprint density at radius 1 is 1.17 bits per heavy atom. The van der Waals surface area contributed by atoms with E-state index in [-0.39, 0.29) is 22.7 Å². The summed E-state index contributed by atoms with van der Waals surface area (Å²) in [5, 5.41) is 1.57. The molecule has 11 heteroatoms. The lowest BCUT2D eigenvalue weighted by atomic mass is 9.95. The summed E-state index contributed by atoms with van der Waals surface area (Å²) in [4.78, 5) is 12.7. The van der Waals surface area contributed by atoms with Gasteiger partial charge < -0.3 is 4.90 Å². The molecule has 2 aromatic heterocycles. The highest BCUT2D eigenvalue weighted by molar-refractivity contribution is 7.92. The number of rotatable bonds is 7. The summed E-state index contributed by atoms with van der Waals surface area (Å²) in [5.41, 5.74) is 3.66. The predicted octanol–water partition coefficient (Wildman–Crippen LogP) is 4.56. The first kappa shape index (κ1) is 24.1. The summed E-state index contributed by atoms with van der Waals surface area (Å²) < 4.78 is 55.7. The summed E-state index contributed by atoms with van der Waals surface area (Å²) in [5.74, 6) is -0.513. The summed E-state index contributed by atoms with van der Waals surface area (Å²) in [6, 6.07) is 6.04. The predicted molar refractivity (Wildman–Crippen MR) is 132 cm³/mol. The third kappa shape index (κ3) is 4.89. The highest BCUT2D eigenvalue weighted by Gasteiger charge is 2.42. The van der Waals surface area contributed by atoms with Crippen LogP contribution in [0.1, 0.15) is 36.8 Å². The zero-order valence-corrected chi connectivity index (χ0v) is 21.1. The largest absolute Gasteiger partial charge is 0.370 e. The lowest BCUT2D eigenvalue weighted by Crippen LogP contribution is -2.49. The topological polar surface area (TPSA) is 78.4 Å². The molecule has 2 fully saturated rings. The van der Waals surface area contributed by atoms with Crippen molar-refractivity contribution in [2.75, 3.05) is 16.7 Å². The molecule has 0 spiro atoms. The Morgan fingerprint density at radius 2 is 1.91 bits per heavy atom. The van der Waals surface area contributed by atoms with Crippen LogP contribution in [-0.2, 0) is 16.6 Å². The number of halogens is 2. The van der Waals surface area contributed by atoms with Crippen molar-refractivity contribution in [3.8, 4) is 0 Å². The van der Waals surface area contributed by atoms with Crippen LogP contribution in [0.5, 0.6) is 0 Å². The number of hydrogen-bond donors (Lipinski definition) is 1. The molecule has 3 aromatic rings. The van der Waals surface area contributed by atoms with Gasteiger partial charge in [0.2, 0.25) is 0 Å². The fourth-order valence-electron chi connectivity index (χ4n) is 5.37. The minimum Gasteiger partial charge on any atom is -0.370 e. The van der Waals surface area contributed by atoms with Gasteiger partial charge >= 0.3 is 0 Å². The van der Waals surface area contributed by atoms with Gasteiger partial charge in [-0.1, -0.05) is 0 Å². The standard InChI is InChI=1S/C24H27F2N5O2S2/c1-15-7-24(35(32,33)29-23-13-34-14-28-23)27-11-22(15)30(2)20-9-18-4-5-19(10-20)31(18)12-16-8-17(25)3-6-21(16)26/h3,6-8,11,13-14,18-20,29H,4-5,9-10,12H2,1-2H3/t18-,19+,20-. The van der Waals surface area contributed by atoms with E-state index in [2.05, 4.69) is 24.5 Å². The quantitative estimate of drug-likeness (QED) is 0.493. The van der Waals surface area contributed by atoms with Gasteiger partial charge in [0.25, 0.3) is 10.0 Å². The van der Waals surface area contributed by atoms with Gasteiger partial charge in [-0.2, -0.15) is 8.42 Å². The molecule has 7 nitrogen and oxygen atoms in total. The number of sulfonamides is 1. The van der Waals surface area contributed by atoms with Crippen LogP contribution in [0.15, 0.2) is 46.4 Å². The Kier molecular flexibility index (Phi) is 6.49. The molecule has 0 unspecified atom stereocenters. The minimum absolute atomic E-state index is 0.0489. The zero-order chi connectivity index (χ0) is 24.7. The van der Waals surface area contributed by atoms with Gasteiger partial charge in [0.15, 0.2) is 10.8 Å². The Balaban J connectivity index is 1.29. The zero-order valence-electron chi connectivity index (χ0n) is 19.5. The van der Waals surface area contributed by atoms with E-state index in [1.165, 1.54) is 23.5 Å². The molecule has 3 atom stereocenters. The van der Waals surface area contributed by atoms with E-state index in [9.17, 15) is 17.2 Å². The van der Waals surface area contributed by atoms with Crippen LogP contribution in [0.2, 0.25) is 0 Å². The van der Waals surface area contributed by atoms with E-state index >= 15 is 0 Å². The van der Waals surface area contributed by atoms with Gasteiger partial charge in [0.05, 0.1) is 17.4 Å². The van der Waals surface area contributed by atoms with Crippen molar-refractivity contribution in [2.45, 2.75) is 62.3 Å². The molecular formula is C24H27F2N5O2S2. The molecule has 0 amide bonds. The summed E-state index contributed by atoms with van der Waals surface area (Å²) in [7, 11) is -1.81. The number of thiazole rings is 1. The van der Waals surface area contributed by atoms with Crippen LogP contribution in [0.4, 0.5) is 20.3 Å². The van der Waals surface area contributed by atoms with E-state index in [1.54, 1.807) is 23.2 Å². The number of benzene rings is 1. The van der Waals surface area contributed by atoms with E-state index in [0.29, 0.717) is 24.2 Å². The molecule has 0 radical (unpaired) electrons. The fourth-order valence-corrected chi connectivity index (χ4v) is 6.94. The van der Waals surface area contributed by atoms with Gasteiger partial charge in [-0.3, -0.25) is 9.62 Å². The Morgan fingerprint density at radius 3 is 2.57 bits per heavy atom. The average molecular weight is 520 g/mol. The van der Waals surface area contributed by atoms with Crippen molar-refractivity contribution >= 4 is 32.9 Å². The summed E-state index contributed by atoms with van der Waals surface area (Å²) >= 11 is 1.30. The molecule has 35 heavy (non-hydrogen) atoms. The van der Waals surface area contributed by atoms with Gasteiger partial charge in [0, 0.05) is 42.7 Å². The van der Waals surface area contributed by atoms with Crippen LogP contribution >= 0.6 is 11.3 Å². The molecule has 5 rings (SSSR count). The van der Waals surface area contributed by atoms with Crippen LogP contribution in [0.3, 0.4) is 0 Å². The van der Waals surface area contributed by atoms with Gasteiger partial charge in [0.1, 0.15) is 11.6 Å². The first-order chi connectivity index (χ1) is 16.7. The molecule has 2 aliphatic heterocycles. The van der Waals surface area contributed by atoms with Crippen molar-refractivity contribution in [3.63, 3.8) is 0 Å². The highest BCUT2D eigenvalue weighted by Crippen LogP contribution is 2.40. The second-order valence-corrected chi connectivity index (χ2v) is 11.7. The lowest BCUT2D eigenvalue weighted by molar-refractivity contribution is 0.117. The highest BCUT2D eigenvalue weighted by atomic mass is 32.2. The maximum absolute atomic E-state index is 14.2. The molecule has 1 aromatic carbocycles. The third-order valence-electron chi connectivity index (χ3n) is 7.15. The molecule has 2 bridgehead atoms. The molecule has 186 valence electrons. The van der Waals surface area contributed by atoms with E-state index in [0.717, 1.165) is 43.0 Å². The SMILES string of the molecule is Cc1cc(S(=O)(=O)Nc2cscn2)ncc1N(C)[C@@H]1C[C@H]2CC[C@@H](C1)N2Cc1cc(F)ccc1F. The smallest absolute Gasteiger partial charge is 0.280 e. The van der Waals surface area contributed by atoms with Crippen molar-refractivity contribution in [3.05, 3.63) is 64.1 Å². The van der Waals surface area contributed by atoms with E-state index < -0.39 is 15.8 Å². The normalized spacial score (nSPS) is 22.3. The second kappa shape index (κ2) is 9.44. The maximum atomic E-state index is 14.2. The maximum Gasteiger partial charge on any atom is 0.280 e.